The zero-order valence-electron chi connectivity index (χ0n) is 9.69. The molecule has 0 aliphatic carbocycles. The van der Waals surface area contributed by atoms with Crippen molar-refractivity contribution >= 4 is 0 Å². The summed E-state index contributed by atoms with van der Waals surface area (Å²) < 4.78 is 0. The van der Waals surface area contributed by atoms with Crippen LogP contribution in [0.25, 0.3) is 0 Å². The van der Waals surface area contributed by atoms with Crippen LogP contribution in [-0.2, 0) is 0 Å². The molecule has 1 aromatic heterocycles. The molecule has 1 aliphatic rings. The molecule has 0 bridgehead atoms. The molecule has 0 amide bonds. The van der Waals surface area contributed by atoms with E-state index in [9.17, 15) is 0 Å². The Balaban J connectivity index is 2.07. The summed E-state index contributed by atoms with van der Waals surface area (Å²) in [6, 6.07) is 6.92. The number of aryl methyl sites for hydroxylation is 1. The van der Waals surface area contributed by atoms with E-state index in [4.69, 9.17) is 5.26 Å². The van der Waals surface area contributed by atoms with Crippen molar-refractivity contribution in [2.75, 3.05) is 13.1 Å². The van der Waals surface area contributed by atoms with Gasteiger partial charge in [0.1, 0.15) is 0 Å². The highest BCUT2D eigenvalue weighted by Crippen LogP contribution is 2.31. The lowest BCUT2D eigenvalue weighted by Crippen LogP contribution is -2.24. The van der Waals surface area contributed by atoms with Gasteiger partial charge in [-0.3, -0.25) is 9.88 Å². The predicted molar refractivity (Wildman–Crippen MR) is 62.8 cm³/mol. The van der Waals surface area contributed by atoms with Crippen LogP contribution in [0.1, 0.15) is 36.6 Å². The minimum atomic E-state index is 0.474. The summed E-state index contributed by atoms with van der Waals surface area (Å²) in [5, 5.41) is 8.63. The van der Waals surface area contributed by atoms with Crippen molar-refractivity contribution in [3.63, 3.8) is 0 Å². The fourth-order valence-electron chi connectivity index (χ4n) is 2.34. The monoisotopic (exact) mass is 215 g/mol. The molecule has 0 spiro atoms. The highest BCUT2D eigenvalue weighted by Gasteiger charge is 2.25. The Kier molecular flexibility index (Phi) is 3.53. The Bertz CT molecular complexity index is 377. The van der Waals surface area contributed by atoms with E-state index in [-0.39, 0.29) is 0 Å². The molecule has 1 aliphatic heterocycles. The molecule has 3 heteroatoms. The highest BCUT2D eigenvalue weighted by atomic mass is 15.2. The molecular formula is C13H17N3. The van der Waals surface area contributed by atoms with Gasteiger partial charge in [-0.2, -0.15) is 5.26 Å². The summed E-state index contributed by atoms with van der Waals surface area (Å²) in [7, 11) is 0. The van der Waals surface area contributed by atoms with Crippen LogP contribution in [0.3, 0.4) is 0 Å². The molecule has 1 aromatic rings. The van der Waals surface area contributed by atoms with Crippen molar-refractivity contribution in [2.24, 2.45) is 0 Å². The number of pyridine rings is 1. The predicted octanol–water partition coefficient (Wildman–Crippen LogP) is 2.44. The van der Waals surface area contributed by atoms with E-state index >= 15 is 0 Å². The smallest absolute Gasteiger partial charge is 0.0635 e. The third kappa shape index (κ3) is 2.40. The third-order valence-electron chi connectivity index (χ3n) is 3.19. The van der Waals surface area contributed by atoms with Crippen LogP contribution >= 0.6 is 0 Å². The van der Waals surface area contributed by atoms with Crippen molar-refractivity contribution in [1.29, 1.82) is 5.26 Å². The van der Waals surface area contributed by atoms with Gasteiger partial charge in [0.15, 0.2) is 0 Å². The van der Waals surface area contributed by atoms with E-state index in [1.54, 1.807) is 0 Å². The second-order valence-electron chi connectivity index (χ2n) is 4.34. The van der Waals surface area contributed by atoms with Gasteiger partial charge >= 0.3 is 0 Å². The number of nitriles is 1. The van der Waals surface area contributed by atoms with Gasteiger partial charge in [-0.25, -0.2) is 0 Å². The first-order valence-corrected chi connectivity index (χ1v) is 5.85. The fraction of sp³-hybridized carbons (Fsp3) is 0.538. The lowest BCUT2D eigenvalue weighted by molar-refractivity contribution is 0.263. The second-order valence-corrected chi connectivity index (χ2v) is 4.34. The molecule has 1 saturated heterocycles. The molecule has 2 heterocycles. The Morgan fingerprint density at radius 1 is 1.56 bits per heavy atom. The summed E-state index contributed by atoms with van der Waals surface area (Å²) in [5.74, 6) is 0. The van der Waals surface area contributed by atoms with Crippen molar-refractivity contribution in [2.45, 2.75) is 32.2 Å². The van der Waals surface area contributed by atoms with Crippen molar-refractivity contribution in [3.05, 3.63) is 29.6 Å². The third-order valence-corrected chi connectivity index (χ3v) is 3.19. The topological polar surface area (TPSA) is 39.9 Å². The summed E-state index contributed by atoms with van der Waals surface area (Å²) >= 11 is 0. The van der Waals surface area contributed by atoms with Gasteiger partial charge in [0.25, 0.3) is 0 Å². The normalized spacial score (nSPS) is 20.9. The van der Waals surface area contributed by atoms with E-state index in [1.165, 1.54) is 18.4 Å². The fourth-order valence-corrected chi connectivity index (χ4v) is 2.34. The van der Waals surface area contributed by atoms with Crippen molar-refractivity contribution in [1.82, 2.24) is 9.88 Å². The van der Waals surface area contributed by atoms with Gasteiger partial charge in [-0.1, -0.05) is 6.07 Å². The number of rotatable bonds is 3. The zero-order valence-corrected chi connectivity index (χ0v) is 9.69. The standard InChI is InChI=1S/C13H17N3/c1-11-5-6-12(10-15-11)13-4-2-8-16(13)9-3-7-14/h5-6,10,13H,2-4,8-9H2,1H3. The van der Waals surface area contributed by atoms with E-state index in [0.29, 0.717) is 12.5 Å². The Labute approximate surface area is 96.7 Å². The Morgan fingerprint density at radius 2 is 2.44 bits per heavy atom. The summed E-state index contributed by atoms with van der Waals surface area (Å²) in [4.78, 5) is 6.75. The van der Waals surface area contributed by atoms with Crippen LogP contribution in [0.2, 0.25) is 0 Å². The number of hydrogen-bond donors (Lipinski definition) is 0. The molecule has 3 nitrogen and oxygen atoms in total. The molecule has 1 fully saturated rings. The molecule has 16 heavy (non-hydrogen) atoms. The number of aromatic nitrogens is 1. The van der Waals surface area contributed by atoms with Crippen LogP contribution in [-0.4, -0.2) is 23.0 Å². The Hall–Kier alpha value is -1.40. The molecule has 0 N–H and O–H groups in total. The highest BCUT2D eigenvalue weighted by molar-refractivity contribution is 5.18. The average molecular weight is 215 g/mol. The first-order chi connectivity index (χ1) is 7.81. The molecule has 2 rings (SSSR count). The SMILES string of the molecule is Cc1ccc(C2CCCN2CCC#N)cn1. The molecule has 0 aromatic carbocycles. The quantitative estimate of drug-likeness (QED) is 0.777. The summed E-state index contributed by atoms with van der Waals surface area (Å²) in [6.07, 6.45) is 5.01. The molecule has 1 atom stereocenters. The van der Waals surface area contributed by atoms with E-state index in [1.807, 2.05) is 13.1 Å². The average Bonchev–Trinajstić information content (AvgIpc) is 2.75. The maximum Gasteiger partial charge on any atom is 0.0635 e. The Morgan fingerprint density at radius 3 is 3.12 bits per heavy atom. The van der Waals surface area contributed by atoms with E-state index in [0.717, 1.165) is 18.8 Å². The second kappa shape index (κ2) is 5.09. The maximum atomic E-state index is 8.63. The van der Waals surface area contributed by atoms with E-state index in [2.05, 4.69) is 28.1 Å². The lowest BCUT2D eigenvalue weighted by atomic mass is 10.1. The van der Waals surface area contributed by atoms with Gasteiger partial charge in [0.05, 0.1) is 6.07 Å². The maximum absolute atomic E-state index is 8.63. The number of hydrogen-bond acceptors (Lipinski definition) is 3. The van der Waals surface area contributed by atoms with Crippen LogP contribution in [0.5, 0.6) is 0 Å². The first kappa shape index (κ1) is 11.1. The summed E-state index contributed by atoms with van der Waals surface area (Å²) in [5.41, 5.74) is 2.35. The van der Waals surface area contributed by atoms with Gasteiger partial charge in [0, 0.05) is 30.9 Å². The van der Waals surface area contributed by atoms with Crippen LogP contribution < -0.4 is 0 Å². The largest absolute Gasteiger partial charge is 0.295 e. The van der Waals surface area contributed by atoms with Crippen molar-refractivity contribution in [3.8, 4) is 6.07 Å². The molecule has 0 radical (unpaired) electrons. The molecule has 84 valence electrons. The molecular weight excluding hydrogens is 198 g/mol. The summed E-state index contributed by atoms with van der Waals surface area (Å²) in [6.45, 7) is 4.00. The van der Waals surface area contributed by atoms with Gasteiger partial charge in [-0.15, -0.1) is 0 Å². The van der Waals surface area contributed by atoms with Crippen LogP contribution in [0.15, 0.2) is 18.3 Å². The van der Waals surface area contributed by atoms with Gasteiger partial charge in [-0.05, 0) is 37.9 Å². The van der Waals surface area contributed by atoms with Gasteiger partial charge < -0.3 is 0 Å². The molecule has 1 unspecified atom stereocenters. The minimum Gasteiger partial charge on any atom is -0.295 e. The van der Waals surface area contributed by atoms with Gasteiger partial charge in [0.2, 0.25) is 0 Å². The minimum absolute atomic E-state index is 0.474. The number of nitrogens with zero attached hydrogens (tertiary/aromatic N) is 3. The molecule has 0 saturated carbocycles. The van der Waals surface area contributed by atoms with Crippen LogP contribution in [0, 0.1) is 18.3 Å². The lowest BCUT2D eigenvalue weighted by Gasteiger charge is -2.23. The zero-order chi connectivity index (χ0) is 11.4. The first-order valence-electron chi connectivity index (χ1n) is 5.85. The number of likely N-dealkylation sites (tertiary alicyclic amines) is 1. The van der Waals surface area contributed by atoms with E-state index < -0.39 is 0 Å². The van der Waals surface area contributed by atoms with Crippen molar-refractivity contribution < 1.29 is 0 Å². The van der Waals surface area contributed by atoms with Crippen LogP contribution in [0.4, 0.5) is 0 Å².